The van der Waals surface area contributed by atoms with Gasteiger partial charge in [-0.1, -0.05) is 6.92 Å². The molecule has 78 valence electrons. The minimum Gasteiger partial charge on any atom is -0.481 e. The van der Waals surface area contributed by atoms with Crippen LogP contribution in [0.2, 0.25) is 0 Å². The summed E-state index contributed by atoms with van der Waals surface area (Å²) < 4.78 is 36.4. The Morgan fingerprint density at radius 3 is 1.92 bits per heavy atom. The summed E-state index contributed by atoms with van der Waals surface area (Å²) in [6, 6.07) is 0. The van der Waals surface area contributed by atoms with E-state index in [4.69, 9.17) is 10.2 Å². The number of rotatable bonds is 3. The van der Waals surface area contributed by atoms with Crippen LogP contribution in [0.1, 0.15) is 20.3 Å². The Balaban J connectivity index is 4.89. The van der Waals surface area contributed by atoms with E-state index < -0.39 is 23.7 Å². The number of alkyl halides is 3. The van der Waals surface area contributed by atoms with Gasteiger partial charge in [0.15, 0.2) is 5.60 Å². The Morgan fingerprint density at radius 1 is 1.46 bits per heavy atom. The third-order valence-electron chi connectivity index (χ3n) is 1.96. The van der Waals surface area contributed by atoms with Gasteiger partial charge in [-0.2, -0.15) is 13.2 Å². The largest absolute Gasteiger partial charge is 0.481 e. The third kappa shape index (κ3) is 2.33. The maximum Gasteiger partial charge on any atom is 0.417 e. The van der Waals surface area contributed by atoms with E-state index >= 15 is 0 Å². The number of carboxylic acids is 1. The maximum atomic E-state index is 12.1. The molecule has 0 rings (SSSR count). The molecule has 2 unspecified atom stereocenters. The van der Waals surface area contributed by atoms with Crippen molar-refractivity contribution in [2.24, 2.45) is 5.92 Å². The lowest BCUT2D eigenvalue weighted by atomic mass is 9.86. The highest BCUT2D eigenvalue weighted by atomic mass is 19.4. The van der Waals surface area contributed by atoms with Crippen LogP contribution in [0.25, 0.3) is 0 Å². The molecule has 0 aliphatic rings. The van der Waals surface area contributed by atoms with Gasteiger partial charge in [0.25, 0.3) is 0 Å². The van der Waals surface area contributed by atoms with Gasteiger partial charge >= 0.3 is 12.1 Å². The number of hydrogen-bond donors (Lipinski definition) is 2. The fourth-order valence-corrected chi connectivity index (χ4v) is 1.01. The van der Waals surface area contributed by atoms with Crippen LogP contribution in [-0.2, 0) is 4.79 Å². The highest BCUT2D eigenvalue weighted by Gasteiger charge is 2.56. The first kappa shape index (κ1) is 12.2. The topological polar surface area (TPSA) is 57.5 Å². The van der Waals surface area contributed by atoms with E-state index in [1.54, 1.807) is 0 Å². The van der Waals surface area contributed by atoms with Gasteiger partial charge in [-0.15, -0.1) is 0 Å². The quantitative estimate of drug-likeness (QED) is 0.724. The second kappa shape index (κ2) is 3.53. The van der Waals surface area contributed by atoms with Crippen LogP contribution in [0.3, 0.4) is 0 Å². The Bertz CT molecular complexity index is 198. The Hall–Kier alpha value is -0.780. The van der Waals surface area contributed by atoms with Crippen LogP contribution in [0, 0.1) is 5.92 Å². The van der Waals surface area contributed by atoms with Gasteiger partial charge in [-0.05, 0) is 13.3 Å². The molecule has 0 radical (unpaired) electrons. The van der Waals surface area contributed by atoms with Crippen molar-refractivity contribution in [2.45, 2.75) is 32.0 Å². The van der Waals surface area contributed by atoms with E-state index in [9.17, 15) is 18.0 Å². The average Bonchev–Trinajstić information content (AvgIpc) is 1.83. The van der Waals surface area contributed by atoms with E-state index in [0.29, 0.717) is 6.92 Å². The fraction of sp³-hybridized carbons (Fsp3) is 0.857. The molecule has 0 heterocycles. The van der Waals surface area contributed by atoms with Crippen LogP contribution in [0.5, 0.6) is 0 Å². The third-order valence-corrected chi connectivity index (χ3v) is 1.96. The monoisotopic (exact) mass is 200 g/mol. The molecule has 6 heteroatoms. The van der Waals surface area contributed by atoms with Crippen molar-refractivity contribution < 1.29 is 28.2 Å². The summed E-state index contributed by atoms with van der Waals surface area (Å²) in [6.45, 7) is 1.74. The number of aliphatic hydroxyl groups is 1. The lowest BCUT2D eigenvalue weighted by Crippen LogP contribution is -2.51. The summed E-state index contributed by atoms with van der Waals surface area (Å²) >= 11 is 0. The molecule has 0 amide bonds. The fourth-order valence-electron chi connectivity index (χ4n) is 1.01. The van der Waals surface area contributed by atoms with E-state index in [-0.39, 0.29) is 6.42 Å². The smallest absolute Gasteiger partial charge is 0.417 e. The Labute approximate surface area is 73.2 Å². The molecule has 2 N–H and O–H groups in total. The summed E-state index contributed by atoms with van der Waals surface area (Å²) in [5, 5.41) is 17.4. The van der Waals surface area contributed by atoms with Crippen LogP contribution >= 0.6 is 0 Å². The number of halogens is 3. The zero-order valence-corrected chi connectivity index (χ0v) is 7.22. The first-order valence-corrected chi connectivity index (χ1v) is 3.66. The number of aliphatic carboxylic acids is 1. The van der Waals surface area contributed by atoms with Crippen molar-refractivity contribution in [3.05, 3.63) is 0 Å². The van der Waals surface area contributed by atoms with Crippen molar-refractivity contribution >= 4 is 5.97 Å². The lowest BCUT2D eigenvalue weighted by Gasteiger charge is -2.31. The van der Waals surface area contributed by atoms with Crippen molar-refractivity contribution in [1.29, 1.82) is 0 Å². The minimum absolute atomic E-state index is 0.276. The van der Waals surface area contributed by atoms with Crippen molar-refractivity contribution in [1.82, 2.24) is 0 Å². The molecule has 2 atom stereocenters. The second-order valence-electron chi connectivity index (χ2n) is 2.94. The van der Waals surface area contributed by atoms with Gasteiger partial charge in [-0.25, -0.2) is 0 Å². The summed E-state index contributed by atoms with van der Waals surface area (Å²) in [6.07, 6.45) is -5.20. The Kier molecular flexibility index (Phi) is 3.32. The second-order valence-corrected chi connectivity index (χ2v) is 2.94. The zero-order valence-electron chi connectivity index (χ0n) is 7.22. The molecule has 0 spiro atoms. The molecule has 0 aliphatic heterocycles. The molecule has 0 fully saturated rings. The van der Waals surface area contributed by atoms with E-state index in [0.717, 1.165) is 0 Å². The van der Waals surface area contributed by atoms with E-state index in [2.05, 4.69) is 0 Å². The molecule has 13 heavy (non-hydrogen) atoms. The highest BCUT2D eigenvalue weighted by Crippen LogP contribution is 2.37. The number of hydrogen-bond acceptors (Lipinski definition) is 2. The molecule has 0 aromatic carbocycles. The molecule has 3 nitrogen and oxygen atoms in total. The minimum atomic E-state index is -4.92. The number of carboxylic acid groups (broad SMARTS) is 1. The normalized spacial score (nSPS) is 19.2. The van der Waals surface area contributed by atoms with Crippen LogP contribution < -0.4 is 0 Å². The first-order chi connectivity index (χ1) is 5.64. The van der Waals surface area contributed by atoms with Crippen LogP contribution in [0.15, 0.2) is 0 Å². The van der Waals surface area contributed by atoms with Gasteiger partial charge in [0, 0.05) is 0 Å². The molecule has 0 bridgehead atoms. The van der Waals surface area contributed by atoms with Gasteiger partial charge in [0.1, 0.15) is 0 Å². The molecular formula is C7H11F3O3. The van der Waals surface area contributed by atoms with Gasteiger partial charge in [-0.3, -0.25) is 4.79 Å². The Morgan fingerprint density at radius 2 is 1.85 bits per heavy atom. The van der Waals surface area contributed by atoms with E-state index in [1.165, 1.54) is 6.92 Å². The molecule has 0 aliphatic carbocycles. The summed E-state index contributed by atoms with van der Waals surface area (Å²) in [7, 11) is 0. The number of carbonyl (C=O) groups is 1. The van der Waals surface area contributed by atoms with E-state index in [1.807, 2.05) is 0 Å². The standard InChI is InChI=1S/C7H11F3O3/c1-3-4(5(11)12)6(2,13)7(8,9)10/h4,13H,3H2,1-2H3,(H,11,12). The maximum absolute atomic E-state index is 12.1. The SMILES string of the molecule is CCC(C(=O)O)C(C)(O)C(F)(F)F. The highest BCUT2D eigenvalue weighted by molar-refractivity contribution is 5.71. The summed E-state index contributed by atoms with van der Waals surface area (Å²) in [5.41, 5.74) is -3.17. The predicted molar refractivity (Wildman–Crippen MR) is 38.1 cm³/mol. The molecule has 0 aromatic rings. The molecular weight excluding hydrogens is 189 g/mol. The molecule has 0 saturated heterocycles. The molecule has 0 saturated carbocycles. The first-order valence-electron chi connectivity index (χ1n) is 3.66. The van der Waals surface area contributed by atoms with Gasteiger partial charge in [0.05, 0.1) is 5.92 Å². The van der Waals surface area contributed by atoms with Crippen LogP contribution in [-0.4, -0.2) is 28.0 Å². The van der Waals surface area contributed by atoms with Gasteiger partial charge in [0.2, 0.25) is 0 Å². The van der Waals surface area contributed by atoms with Gasteiger partial charge < -0.3 is 10.2 Å². The average molecular weight is 200 g/mol. The lowest BCUT2D eigenvalue weighted by molar-refractivity contribution is -0.272. The van der Waals surface area contributed by atoms with Crippen LogP contribution in [0.4, 0.5) is 13.2 Å². The van der Waals surface area contributed by atoms with Crippen molar-refractivity contribution in [3.8, 4) is 0 Å². The predicted octanol–water partition coefficient (Wildman–Crippen LogP) is 1.41. The summed E-state index contributed by atoms with van der Waals surface area (Å²) in [4.78, 5) is 10.4. The summed E-state index contributed by atoms with van der Waals surface area (Å²) in [5.74, 6) is -3.47. The van der Waals surface area contributed by atoms with Crippen molar-refractivity contribution in [3.63, 3.8) is 0 Å². The molecule has 0 aromatic heterocycles. The van der Waals surface area contributed by atoms with Crippen molar-refractivity contribution in [2.75, 3.05) is 0 Å². The zero-order chi connectivity index (χ0) is 10.9.